The number of amidine groups is 2. The molecule has 0 aromatic heterocycles. The van der Waals surface area contributed by atoms with Crippen LogP contribution in [-0.4, -0.2) is 43.6 Å². The molecule has 1 rings (SSSR count). The van der Waals surface area contributed by atoms with E-state index in [1.165, 1.54) is 5.06 Å². The van der Waals surface area contributed by atoms with Crippen LogP contribution in [0.5, 0.6) is 0 Å². The molecule has 0 saturated heterocycles. The van der Waals surface area contributed by atoms with Crippen molar-refractivity contribution >= 4 is 12.0 Å². The highest BCUT2D eigenvalue weighted by Crippen LogP contribution is 2.05. The van der Waals surface area contributed by atoms with E-state index in [1.54, 1.807) is 18.2 Å². The van der Waals surface area contributed by atoms with Crippen LogP contribution in [0.25, 0.3) is 0 Å². The summed E-state index contributed by atoms with van der Waals surface area (Å²) in [5.41, 5.74) is 0. The lowest BCUT2D eigenvalue weighted by Gasteiger charge is -2.24. The summed E-state index contributed by atoms with van der Waals surface area (Å²) in [6.45, 7) is 11.9. The van der Waals surface area contributed by atoms with Gasteiger partial charge in [0.15, 0.2) is 0 Å². The minimum Gasteiger partial charge on any atom is -0.459 e. The van der Waals surface area contributed by atoms with Gasteiger partial charge < -0.3 is 9.47 Å². The molecule has 1 heterocycles. The van der Waals surface area contributed by atoms with Crippen molar-refractivity contribution in [1.29, 1.82) is 0 Å². The van der Waals surface area contributed by atoms with Crippen LogP contribution in [-0.2, 0) is 14.3 Å². The largest absolute Gasteiger partial charge is 0.459 e. The van der Waals surface area contributed by atoms with E-state index in [0.717, 1.165) is 0 Å². The van der Waals surface area contributed by atoms with Crippen LogP contribution in [0, 0.1) is 0 Å². The van der Waals surface area contributed by atoms with Crippen LogP contribution >= 0.6 is 0 Å². The zero-order valence-electron chi connectivity index (χ0n) is 10.2. The highest BCUT2D eigenvalue weighted by molar-refractivity contribution is 5.90. The van der Waals surface area contributed by atoms with E-state index in [2.05, 4.69) is 29.7 Å². The summed E-state index contributed by atoms with van der Waals surface area (Å²) < 4.78 is 10.6. The molecule has 0 saturated carbocycles. The standard InChI is InChI=1S/C12H17N3O3/c1-4-7-16-11-13-10-15(18-9-6-3)12(14-11)17-8-5-2/h4-6H,1-3,7-10H2. The maximum Gasteiger partial charge on any atom is 0.323 e. The number of ether oxygens (including phenoxy) is 2. The van der Waals surface area contributed by atoms with Gasteiger partial charge in [0.2, 0.25) is 0 Å². The van der Waals surface area contributed by atoms with E-state index < -0.39 is 0 Å². The first kappa shape index (κ1) is 14.0. The monoisotopic (exact) mass is 251 g/mol. The van der Waals surface area contributed by atoms with E-state index >= 15 is 0 Å². The smallest absolute Gasteiger partial charge is 0.323 e. The first-order chi connectivity index (χ1) is 8.81. The molecule has 1 aliphatic rings. The molecule has 6 heteroatoms. The number of aliphatic imine (C=N–C) groups is 2. The molecule has 1 aliphatic heterocycles. The SMILES string of the molecule is C=CCOC1=NCN(OCC=C)C(OCC=C)=N1. The van der Waals surface area contributed by atoms with Crippen molar-refractivity contribution in [1.82, 2.24) is 5.06 Å². The zero-order chi connectivity index (χ0) is 13.2. The number of hydrogen-bond donors (Lipinski definition) is 0. The molecule has 0 aromatic carbocycles. The molecule has 0 aliphatic carbocycles. The topological polar surface area (TPSA) is 55.7 Å². The minimum atomic E-state index is 0.243. The molecule has 98 valence electrons. The molecule has 0 aromatic rings. The fourth-order valence-electron chi connectivity index (χ4n) is 1.05. The molecule has 0 atom stereocenters. The summed E-state index contributed by atoms with van der Waals surface area (Å²) >= 11 is 0. The molecule has 0 fully saturated rings. The number of nitrogens with zero attached hydrogens (tertiary/aromatic N) is 3. The Morgan fingerprint density at radius 2 is 1.72 bits per heavy atom. The average molecular weight is 251 g/mol. The van der Waals surface area contributed by atoms with E-state index in [-0.39, 0.29) is 18.7 Å². The van der Waals surface area contributed by atoms with Gasteiger partial charge in [-0.25, -0.2) is 4.99 Å². The van der Waals surface area contributed by atoms with Gasteiger partial charge in [-0.2, -0.15) is 5.06 Å². The van der Waals surface area contributed by atoms with E-state index in [9.17, 15) is 0 Å². The molecule has 0 spiro atoms. The van der Waals surface area contributed by atoms with Gasteiger partial charge in [-0.15, -0.1) is 11.6 Å². The van der Waals surface area contributed by atoms with Crippen molar-refractivity contribution in [3.63, 3.8) is 0 Å². The van der Waals surface area contributed by atoms with Crippen molar-refractivity contribution in [2.75, 3.05) is 26.5 Å². The van der Waals surface area contributed by atoms with Gasteiger partial charge in [-0.05, 0) is 0 Å². The second-order valence-electron chi connectivity index (χ2n) is 3.14. The van der Waals surface area contributed by atoms with Crippen LogP contribution in [0.1, 0.15) is 0 Å². The van der Waals surface area contributed by atoms with Crippen molar-refractivity contribution in [3.8, 4) is 0 Å². The molecule has 0 N–H and O–H groups in total. The summed E-state index contributed by atoms with van der Waals surface area (Å²) in [5.74, 6) is 0. The lowest BCUT2D eigenvalue weighted by Crippen LogP contribution is -2.37. The van der Waals surface area contributed by atoms with Crippen molar-refractivity contribution in [2.24, 2.45) is 9.98 Å². The Morgan fingerprint density at radius 1 is 1.06 bits per heavy atom. The van der Waals surface area contributed by atoms with Gasteiger partial charge >= 0.3 is 12.0 Å². The van der Waals surface area contributed by atoms with Crippen LogP contribution in [0.4, 0.5) is 0 Å². The molecule has 6 nitrogen and oxygen atoms in total. The lowest BCUT2D eigenvalue weighted by atomic mass is 10.7. The van der Waals surface area contributed by atoms with E-state index in [4.69, 9.17) is 14.3 Å². The predicted molar refractivity (Wildman–Crippen MR) is 70.0 cm³/mol. The van der Waals surface area contributed by atoms with Crippen LogP contribution in [0.2, 0.25) is 0 Å². The van der Waals surface area contributed by atoms with Crippen LogP contribution < -0.4 is 0 Å². The number of rotatable bonds is 7. The summed E-state index contributed by atoms with van der Waals surface area (Å²) in [6, 6.07) is 0.526. The minimum absolute atomic E-state index is 0.243. The molecule has 18 heavy (non-hydrogen) atoms. The maximum atomic E-state index is 5.36. The second-order valence-corrected chi connectivity index (χ2v) is 3.14. The predicted octanol–water partition coefficient (Wildman–Crippen LogP) is 1.49. The fourth-order valence-corrected chi connectivity index (χ4v) is 1.05. The summed E-state index contributed by atoms with van der Waals surface area (Å²) in [7, 11) is 0. The van der Waals surface area contributed by atoms with Gasteiger partial charge in [0.05, 0.1) is 6.61 Å². The summed E-state index contributed by atoms with van der Waals surface area (Å²) in [6.07, 6.45) is 4.85. The number of hydrogen-bond acceptors (Lipinski definition) is 6. The van der Waals surface area contributed by atoms with Crippen LogP contribution in [0.3, 0.4) is 0 Å². The van der Waals surface area contributed by atoms with Crippen molar-refractivity contribution in [2.45, 2.75) is 0 Å². The van der Waals surface area contributed by atoms with E-state index in [1.807, 2.05) is 0 Å². The van der Waals surface area contributed by atoms with Gasteiger partial charge in [-0.1, -0.05) is 31.4 Å². The van der Waals surface area contributed by atoms with Gasteiger partial charge in [-0.3, -0.25) is 4.84 Å². The Hall–Kier alpha value is -2.08. The third kappa shape index (κ3) is 4.42. The summed E-state index contributed by atoms with van der Waals surface area (Å²) in [5, 5.41) is 1.42. The van der Waals surface area contributed by atoms with Gasteiger partial charge in [0.25, 0.3) is 0 Å². The van der Waals surface area contributed by atoms with Gasteiger partial charge in [0.1, 0.15) is 19.9 Å². The molecule has 0 radical (unpaired) electrons. The Balaban J connectivity index is 2.64. The number of hydroxylamine groups is 2. The quantitative estimate of drug-likeness (QED) is 0.643. The Morgan fingerprint density at radius 3 is 2.39 bits per heavy atom. The third-order valence-corrected chi connectivity index (χ3v) is 1.75. The molecule has 0 bridgehead atoms. The highest BCUT2D eigenvalue weighted by atomic mass is 16.7. The molecule has 0 amide bonds. The molecule has 0 unspecified atom stereocenters. The Bertz CT molecular complexity index is 364. The normalized spacial score (nSPS) is 14.3. The lowest BCUT2D eigenvalue weighted by molar-refractivity contribution is -0.102. The average Bonchev–Trinajstić information content (AvgIpc) is 2.41. The Labute approximate surface area is 107 Å². The molecular formula is C12H17N3O3. The van der Waals surface area contributed by atoms with Crippen molar-refractivity contribution in [3.05, 3.63) is 38.0 Å². The Kier molecular flexibility index (Phi) is 6.27. The second kappa shape index (κ2) is 8.08. The molecular weight excluding hydrogens is 234 g/mol. The summed E-state index contributed by atoms with van der Waals surface area (Å²) in [4.78, 5) is 13.5. The third-order valence-electron chi connectivity index (χ3n) is 1.75. The highest BCUT2D eigenvalue weighted by Gasteiger charge is 2.19. The first-order valence-corrected chi connectivity index (χ1v) is 5.43. The van der Waals surface area contributed by atoms with E-state index in [0.29, 0.717) is 19.8 Å². The first-order valence-electron chi connectivity index (χ1n) is 5.43. The zero-order valence-corrected chi connectivity index (χ0v) is 10.2. The van der Waals surface area contributed by atoms with Crippen LogP contribution in [0.15, 0.2) is 47.9 Å². The maximum absolute atomic E-state index is 5.36. The van der Waals surface area contributed by atoms with Gasteiger partial charge in [0, 0.05) is 0 Å². The fraction of sp³-hybridized carbons (Fsp3) is 0.333. The van der Waals surface area contributed by atoms with Crippen molar-refractivity contribution < 1.29 is 14.3 Å².